The predicted octanol–water partition coefficient (Wildman–Crippen LogP) is 1.82. The quantitative estimate of drug-likeness (QED) is 0.806. The molecule has 0 saturated heterocycles. The zero-order valence-electron chi connectivity index (χ0n) is 9.83. The van der Waals surface area contributed by atoms with Crippen molar-refractivity contribution in [3.05, 3.63) is 11.5 Å². The molecule has 1 aromatic rings. The first kappa shape index (κ1) is 12.5. The maximum atomic E-state index is 11.5. The molecule has 1 heterocycles. The maximum absolute atomic E-state index is 11.5. The number of hydrogen-bond acceptors (Lipinski definition) is 5. The van der Waals surface area contributed by atoms with Gasteiger partial charge in [0.25, 0.3) is 0 Å². The van der Waals surface area contributed by atoms with Gasteiger partial charge in [0.15, 0.2) is 5.76 Å². The molecule has 0 saturated carbocycles. The first-order valence-corrected chi connectivity index (χ1v) is 4.89. The van der Waals surface area contributed by atoms with E-state index in [1.165, 1.54) is 0 Å². The fourth-order valence-corrected chi connectivity index (χ4v) is 1.09. The van der Waals surface area contributed by atoms with Gasteiger partial charge in [-0.1, -0.05) is 5.16 Å². The van der Waals surface area contributed by atoms with Crippen molar-refractivity contribution in [1.29, 1.82) is 0 Å². The fraction of sp³-hybridized carbons (Fsp3) is 0.600. The number of aliphatic hydroxyl groups is 1. The molecule has 0 aliphatic rings. The standard InChI is InChI=1S/C10H16N2O4/c1-6-8(7(5-13)16-12-6)11-9(14)15-10(2,3)4/h13H,5H2,1-4H3,(H,11,14). The Labute approximate surface area is 93.6 Å². The van der Waals surface area contributed by atoms with Crippen LogP contribution in [0.4, 0.5) is 10.5 Å². The van der Waals surface area contributed by atoms with Crippen LogP contribution in [0, 0.1) is 6.92 Å². The second kappa shape index (κ2) is 4.52. The molecule has 0 aliphatic carbocycles. The van der Waals surface area contributed by atoms with Gasteiger partial charge in [0.1, 0.15) is 23.6 Å². The highest BCUT2D eigenvalue weighted by atomic mass is 16.6. The van der Waals surface area contributed by atoms with Gasteiger partial charge in [-0.05, 0) is 27.7 Å². The number of aryl methyl sites for hydroxylation is 1. The lowest BCUT2D eigenvalue weighted by Gasteiger charge is -2.19. The average Bonchev–Trinajstić information content (AvgIpc) is 2.44. The zero-order chi connectivity index (χ0) is 12.3. The molecule has 0 atom stereocenters. The third-order valence-corrected chi connectivity index (χ3v) is 1.70. The molecule has 90 valence electrons. The Bertz CT molecular complexity index is 379. The Morgan fingerprint density at radius 1 is 1.56 bits per heavy atom. The predicted molar refractivity (Wildman–Crippen MR) is 57.0 cm³/mol. The van der Waals surface area contributed by atoms with Crippen molar-refractivity contribution in [3.8, 4) is 0 Å². The van der Waals surface area contributed by atoms with Crippen LogP contribution in [-0.4, -0.2) is 22.0 Å². The van der Waals surface area contributed by atoms with Gasteiger partial charge in [-0.2, -0.15) is 0 Å². The third-order valence-electron chi connectivity index (χ3n) is 1.70. The Kier molecular flexibility index (Phi) is 3.54. The minimum Gasteiger partial charge on any atom is -0.444 e. The lowest BCUT2D eigenvalue weighted by Crippen LogP contribution is -2.27. The second-order valence-corrected chi connectivity index (χ2v) is 4.35. The van der Waals surface area contributed by atoms with Crippen LogP contribution in [0.2, 0.25) is 0 Å². The number of anilines is 1. The first-order chi connectivity index (χ1) is 7.33. The van der Waals surface area contributed by atoms with E-state index in [2.05, 4.69) is 10.5 Å². The lowest BCUT2D eigenvalue weighted by atomic mass is 10.2. The Balaban J connectivity index is 2.73. The summed E-state index contributed by atoms with van der Waals surface area (Å²) in [4.78, 5) is 11.5. The molecular formula is C10H16N2O4. The number of nitrogens with one attached hydrogen (secondary N) is 1. The van der Waals surface area contributed by atoms with Gasteiger partial charge in [0, 0.05) is 0 Å². The SMILES string of the molecule is Cc1noc(CO)c1NC(=O)OC(C)(C)C. The maximum Gasteiger partial charge on any atom is 0.412 e. The molecule has 0 bridgehead atoms. The molecule has 0 fully saturated rings. The van der Waals surface area contributed by atoms with Crippen molar-refractivity contribution in [1.82, 2.24) is 5.16 Å². The van der Waals surface area contributed by atoms with Gasteiger partial charge in [0.2, 0.25) is 0 Å². The number of aliphatic hydroxyl groups excluding tert-OH is 1. The average molecular weight is 228 g/mol. The van der Waals surface area contributed by atoms with Gasteiger partial charge in [-0.15, -0.1) is 0 Å². The number of aromatic nitrogens is 1. The van der Waals surface area contributed by atoms with Gasteiger partial charge in [0.05, 0.1) is 0 Å². The van der Waals surface area contributed by atoms with E-state index in [-0.39, 0.29) is 12.4 Å². The van der Waals surface area contributed by atoms with E-state index in [1.54, 1.807) is 27.7 Å². The summed E-state index contributed by atoms with van der Waals surface area (Å²) in [6, 6.07) is 0. The Hall–Kier alpha value is -1.56. The summed E-state index contributed by atoms with van der Waals surface area (Å²) in [6.07, 6.45) is -0.603. The summed E-state index contributed by atoms with van der Waals surface area (Å²) >= 11 is 0. The van der Waals surface area contributed by atoms with Crippen molar-refractivity contribution in [2.75, 3.05) is 5.32 Å². The Morgan fingerprint density at radius 3 is 2.69 bits per heavy atom. The topological polar surface area (TPSA) is 84.6 Å². The van der Waals surface area contributed by atoms with Gasteiger partial charge < -0.3 is 14.4 Å². The lowest BCUT2D eigenvalue weighted by molar-refractivity contribution is 0.0635. The summed E-state index contributed by atoms with van der Waals surface area (Å²) in [7, 11) is 0. The van der Waals surface area contributed by atoms with Gasteiger partial charge >= 0.3 is 6.09 Å². The largest absolute Gasteiger partial charge is 0.444 e. The van der Waals surface area contributed by atoms with E-state index in [4.69, 9.17) is 14.4 Å². The summed E-state index contributed by atoms with van der Waals surface area (Å²) < 4.78 is 9.87. The highest BCUT2D eigenvalue weighted by Gasteiger charge is 2.20. The minimum absolute atomic E-state index is 0.211. The van der Waals surface area contributed by atoms with Crippen LogP contribution in [0.25, 0.3) is 0 Å². The van der Waals surface area contributed by atoms with Crippen LogP contribution in [0.15, 0.2) is 4.52 Å². The molecule has 0 spiro atoms. The fourth-order valence-electron chi connectivity index (χ4n) is 1.09. The van der Waals surface area contributed by atoms with Crippen LogP contribution in [0.5, 0.6) is 0 Å². The molecule has 16 heavy (non-hydrogen) atoms. The van der Waals surface area contributed by atoms with Gasteiger partial charge in [-0.3, -0.25) is 5.32 Å². The number of hydrogen-bond donors (Lipinski definition) is 2. The molecule has 6 nitrogen and oxygen atoms in total. The smallest absolute Gasteiger partial charge is 0.412 e. The van der Waals surface area contributed by atoms with E-state index in [1.807, 2.05) is 0 Å². The van der Waals surface area contributed by atoms with E-state index >= 15 is 0 Å². The highest BCUT2D eigenvalue weighted by Crippen LogP contribution is 2.20. The van der Waals surface area contributed by atoms with E-state index in [0.717, 1.165) is 0 Å². The number of carbonyl (C=O) groups is 1. The van der Waals surface area contributed by atoms with Crippen molar-refractivity contribution in [3.63, 3.8) is 0 Å². The number of carbonyl (C=O) groups excluding carboxylic acids is 1. The van der Waals surface area contributed by atoms with E-state index < -0.39 is 11.7 Å². The molecular weight excluding hydrogens is 212 g/mol. The molecule has 0 radical (unpaired) electrons. The molecule has 0 aromatic carbocycles. The number of amides is 1. The van der Waals surface area contributed by atoms with Crippen molar-refractivity contribution < 1.29 is 19.2 Å². The van der Waals surface area contributed by atoms with Crippen LogP contribution in [0.1, 0.15) is 32.2 Å². The summed E-state index contributed by atoms with van der Waals surface area (Å²) in [5.74, 6) is 0.211. The molecule has 1 aromatic heterocycles. The van der Waals surface area contributed by atoms with Crippen LogP contribution in [-0.2, 0) is 11.3 Å². The molecule has 1 rings (SSSR count). The molecule has 0 aliphatic heterocycles. The molecule has 1 amide bonds. The number of nitrogens with zero attached hydrogens (tertiary/aromatic N) is 1. The molecule has 2 N–H and O–H groups in total. The minimum atomic E-state index is -0.603. The van der Waals surface area contributed by atoms with Crippen LogP contribution >= 0.6 is 0 Å². The highest BCUT2D eigenvalue weighted by molar-refractivity contribution is 5.86. The third kappa shape index (κ3) is 3.23. The monoisotopic (exact) mass is 228 g/mol. The Morgan fingerprint density at radius 2 is 2.19 bits per heavy atom. The number of ether oxygens (including phenoxy) is 1. The van der Waals surface area contributed by atoms with E-state index in [9.17, 15) is 4.79 Å². The molecule has 6 heteroatoms. The summed E-state index contributed by atoms with van der Waals surface area (Å²) in [5.41, 5.74) is 0.279. The number of rotatable bonds is 2. The van der Waals surface area contributed by atoms with Crippen LogP contribution in [0.3, 0.4) is 0 Å². The zero-order valence-corrected chi connectivity index (χ0v) is 9.83. The van der Waals surface area contributed by atoms with Crippen molar-refractivity contribution >= 4 is 11.8 Å². The van der Waals surface area contributed by atoms with Crippen molar-refractivity contribution in [2.24, 2.45) is 0 Å². The van der Waals surface area contributed by atoms with E-state index in [0.29, 0.717) is 11.4 Å². The molecule has 0 unspecified atom stereocenters. The summed E-state index contributed by atoms with van der Waals surface area (Å²) in [5, 5.41) is 15.1. The van der Waals surface area contributed by atoms with Gasteiger partial charge in [-0.25, -0.2) is 4.79 Å². The second-order valence-electron chi connectivity index (χ2n) is 4.35. The van der Waals surface area contributed by atoms with Crippen LogP contribution < -0.4 is 5.32 Å². The first-order valence-electron chi connectivity index (χ1n) is 4.89. The van der Waals surface area contributed by atoms with Crippen molar-refractivity contribution in [2.45, 2.75) is 39.9 Å². The summed E-state index contributed by atoms with van der Waals surface area (Å²) in [6.45, 7) is 6.63. The normalized spacial score (nSPS) is 11.3.